The quantitative estimate of drug-likeness (QED) is 0.419. The molecule has 0 unspecified atom stereocenters. The Bertz CT molecular complexity index is 1090. The minimum Gasteiger partial charge on any atom is -0.481 e. The highest BCUT2D eigenvalue weighted by atomic mass is 16.4. The molecule has 0 amide bonds. The Morgan fingerprint density at radius 3 is 2.24 bits per heavy atom. The van der Waals surface area contributed by atoms with E-state index in [0.29, 0.717) is 30.4 Å². The van der Waals surface area contributed by atoms with Crippen LogP contribution < -0.4 is 0 Å². The average Bonchev–Trinajstić information content (AvgIpc) is 2.96. The lowest BCUT2D eigenvalue weighted by Gasteiger charge is -2.62. The summed E-state index contributed by atoms with van der Waals surface area (Å²) in [7, 11) is 0. The van der Waals surface area contributed by atoms with Crippen molar-refractivity contribution in [2.75, 3.05) is 6.61 Å². The molecule has 8 atom stereocenters. The van der Waals surface area contributed by atoms with E-state index in [-0.39, 0.29) is 49.0 Å². The van der Waals surface area contributed by atoms with Gasteiger partial charge in [-0.15, -0.1) is 0 Å². The molecule has 0 spiro atoms. The zero-order chi connectivity index (χ0) is 27.9. The molecule has 4 N–H and O–H groups in total. The molecule has 206 valence electrons. The fourth-order valence-electron chi connectivity index (χ4n) is 8.93. The molecular weight excluding hydrogens is 476 g/mol. The maximum Gasteiger partial charge on any atom is 0.306 e. The van der Waals surface area contributed by atoms with E-state index in [9.17, 15) is 39.6 Å². The molecule has 8 nitrogen and oxygen atoms in total. The summed E-state index contributed by atoms with van der Waals surface area (Å²) in [4.78, 5) is 52.4. The van der Waals surface area contributed by atoms with Crippen molar-refractivity contribution < 1.29 is 39.6 Å². The summed E-state index contributed by atoms with van der Waals surface area (Å²) in [5.41, 5.74) is -3.83. The zero-order valence-corrected chi connectivity index (χ0v) is 22.9. The zero-order valence-electron chi connectivity index (χ0n) is 22.9. The number of hydrogen-bond acceptors (Lipinski definition) is 7. The predicted octanol–water partition coefficient (Wildman–Crippen LogP) is 2.86. The van der Waals surface area contributed by atoms with Crippen molar-refractivity contribution in [3.63, 3.8) is 0 Å². The Morgan fingerprint density at radius 2 is 1.68 bits per heavy atom. The highest BCUT2D eigenvalue weighted by Crippen LogP contribution is 2.73. The molecule has 4 rings (SSSR count). The first-order chi connectivity index (χ1) is 16.9. The van der Waals surface area contributed by atoms with Gasteiger partial charge < -0.3 is 20.4 Å². The molecule has 4 aliphatic rings. The Hall–Kier alpha value is -1.90. The van der Waals surface area contributed by atoms with Gasteiger partial charge in [-0.1, -0.05) is 34.6 Å². The number of aliphatic hydroxyl groups is 3. The highest BCUT2D eigenvalue weighted by molar-refractivity contribution is 6.06. The first kappa shape index (κ1) is 28.1. The molecule has 0 heterocycles. The fraction of sp³-hybridized carbons (Fsp3) is 0.793. The lowest BCUT2D eigenvalue weighted by Crippen LogP contribution is -2.61. The van der Waals surface area contributed by atoms with E-state index in [4.69, 9.17) is 0 Å². The van der Waals surface area contributed by atoms with Crippen LogP contribution in [0.1, 0.15) is 86.5 Å². The number of ketones is 3. The van der Waals surface area contributed by atoms with E-state index < -0.39 is 57.8 Å². The van der Waals surface area contributed by atoms with E-state index in [2.05, 4.69) is 0 Å². The van der Waals surface area contributed by atoms with Crippen molar-refractivity contribution in [3.8, 4) is 0 Å². The van der Waals surface area contributed by atoms with Crippen molar-refractivity contribution in [1.82, 2.24) is 0 Å². The molecule has 4 aliphatic carbocycles. The van der Waals surface area contributed by atoms with Crippen molar-refractivity contribution in [2.24, 2.45) is 38.9 Å². The second-order valence-electron chi connectivity index (χ2n) is 13.6. The van der Waals surface area contributed by atoms with Gasteiger partial charge in [0, 0.05) is 36.7 Å². The highest BCUT2D eigenvalue weighted by Gasteiger charge is 2.74. The van der Waals surface area contributed by atoms with Crippen molar-refractivity contribution in [2.45, 2.75) is 98.7 Å². The van der Waals surface area contributed by atoms with Gasteiger partial charge in [0.25, 0.3) is 0 Å². The minimum atomic E-state index is -1.26. The second kappa shape index (κ2) is 8.55. The maximum atomic E-state index is 14.1. The van der Waals surface area contributed by atoms with Crippen molar-refractivity contribution in [3.05, 3.63) is 11.1 Å². The molecule has 2 fully saturated rings. The normalized spacial score (nSPS) is 43.6. The number of carbonyl (C=O) groups excluding carboxylic acids is 3. The van der Waals surface area contributed by atoms with Crippen LogP contribution in [-0.2, 0) is 19.2 Å². The molecule has 0 saturated heterocycles. The Labute approximate surface area is 218 Å². The van der Waals surface area contributed by atoms with Crippen LogP contribution in [0.4, 0.5) is 0 Å². The van der Waals surface area contributed by atoms with Crippen LogP contribution in [0.3, 0.4) is 0 Å². The summed E-state index contributed by atoms with van der Waals surface area (Å²) >= 11 is 0. The topological polar surface area (TPSA) is 149 Å². The van der Waals surface area contributed by atoms with Gasteiger partial charge in [0.2, 0.25) is 0 Å². The van der Waals surface area contributed by atoms with Crippen LogP contribution in [0.15, 0.2) is 11.1 Å². The maximum absolute atomic E-state index is 14.1. The van der Waals surface area contributed by atoms with Crippen molar-refractivity contribution >= 4 is 23.3 Å². The largest absolute Gasteiger partial charge is 0.481 e. The van der Waals surface area contributed by atoms with E-state index in [1.165, 1.54) is 6.92 Å². The van der Waals surface area contributed by atoms with Gasteiger partial charge in [-0.2, -0.15) is 0 Å². The molecular formula is C29H42O8. The van der Waals surface area contributed by atoms with Crippen LogP contribution in [0.5, 0.6) is 0 Å². The molecule has 8 heteroatoms. The third kappa shape index (κ3) is 3.51. The molecule has 0 aromatic heterocycles. The summed E-state index contributed by atoms with van der Waals surface area (Å²) in [6.07, 6.45) is -0.826. The summed E-state index contributed by atoms with van der Waals surface area (Å²) < 4.78 is 0. The number of rotatable bonds is 6. The van der Waals surface area contributed by atoms with Crippen LogP contribution in [0.2, 0.25) is 0 Å². The van der Waals surface area contributed by atoms with E-state index >= 15 is 0 Å². The number of aliphatic carboxylic acids is 1. The third-order valence-corrected chi connectivity index (χ3v) is 11.6. The SMILES string of the molecule is C[C@@H](CC(=O)C[C@]1(CO)CC(=O)[C@@]2(C)C3=C(C(=O)C[C@]12C)[C@@]1(C)CC[C@H](O)C(C)(C)[C@H]1C[C@@H]3O)C(=O)O. The number of fused-ring (bicyclic) bond motifs is 4. The summed E-state index contributed by atoms with van der Waals surface area (Å²) in [5, 5.41) is 42.3. The van der Waals surface area contributed by atoms with Crippen molar-refractivity contribution in [1.29, 1.82) is 0 Å². The number of carbonyl (C=O) groups is 4. The Morgan fingerprint density at radius 1 is 1.05 bits per heavy atom. The number of allylic oxidation sites excluding steroid dienone is 1. The average molecular weight is 519 g/mol. The van der Waals surface area contributed by atoms with Gasteiger partial charge in [0.1, 0.15) is 11.6 Å². The van der Waals surface area contributed by atoms with Gasteiger partial charge in [-0.05, 0) is 53.9 Å². The number of aliphatic hydroxyl groups excluding tert-OH is 3. The fourth-order valence-corrected chi connectivity index (χ4v) is 8.93. The van der Waals surface area contributed by atoms with Gasteiger partial charge in [-0.25, -0.2) is 0 Å². The van der Waals surface area contributed by atoms with Gasteiger partial charge >= 0.3 is 5.97 Å². The predicted molar refractivity (Wildman–Crippen MR) is 134 cm³/mol. The summed E-state index contributed by atoms with van der Waals surface area (Å²) in [5.74, 6) is -2.90. The smallest absolute Gasteiger partial charge is 0.306 e. The Balaban J connectivity index is 1.85. The lowest BCUT2D eigenvalue weighted by atomic mass is 9.41. The van der Waals surface area contributed by atoms with Crippen LogP contribution >= 0.6 is 0 Å². The van der Waals surface area contributed by atoms with Gasteiger partial charge in [0.15, 0.2) is 5.78 Å². The number of Topliss-reactive ketones (excluding diaryl/α,β-unsaturated/α-hetero) is 3. The summed E-state index contributed by atoms with van der Waals surface area (Å²) in [6, 6.07) is 0. The van der Waals surface area contributed by atoms with Crippen LogP contribution in [0, 0.1) is 38.9 Å². The first-order valence-corrected chi connectivity index (χ1v) is 13.5. The standard InChI is InChI=1S/C29H42O8/c1-15(24(36)37)9-16(31)11-29(14-30)13-21(35)28(6)23-17(32)10-19-25(2,3)20(34)7-8-26(19,4)22(23)18(33)12-27(28,29)5/h15,17,19-20,30,32,34H,7-14H2,1-6H3,(H,36,37)/t15-,17-,19+,20-,26-,27-,28-,29+/m0/s1. The number of hydrogen-bond donors (Lipinski definition) is 4. The molecule has 0 radical (unpaired) electrons. The molecule has 0 bridgehead atoms. The van der Waals surface area contributed by atoms with E-state index in [1.54, 1.807) is 13.8 Å². The molecule has 37 heavy (non-hydrogen) atoms. The van der Waals surface area contributed by atoms with Crippen LogP contribution in [0.25, 0.3) is 0 Å². The molecule has 0 aliphatic heterocycles. The lowest BCUT2D eigenvalue weighted by molar-refractivity contribution is -0.148. The molecule has 2 saturated carbocycles. The van der Waals surface area contributed by atoms with Gasteiger partial charge in [0.05, 0.1) is 30.1 Å². The van der Waals surface area contributed by atoms with E-state index in [1.807, 2.05) is 20.8 Å². The third-order valence-electron chi connectivity index (χ3n) is 11.6. The second-order valence-corrected chi connectivity index (χ2v) is 13.6. The van der Waals surface area contributed by atoms with Gasteiger partial charge in [-0.3, -0.25) is 19.2 Å². The minimum absolute atomic E-state index is 0.0472. The Kier molecular flexibility index (Phi) is 6.50. The molecule has 0 aromatic rings. The number of carboxylic acid groups (broad SMARTS) is 1. The summed E-state index contributed by atoms with van der Waals surface area (Å²) in [6.45, 7) is 10.4. The first-order valence-electron chi connectivity index (χ1n) is 13.5. The number of carboxylic acids is 1. The van der Waals surface area contributed by atoms with E-state index in [0.717, 1.165) is 0 Å². The molecule has 0 aromatic carbocycles. The van der Waals surface area contributed by atoms with Crippen LogP contribution in [-0.4, -0.2) is 62.6 Å². The monoisotopic (exact) mass is 518 g/mol.